The molecule has 1 atom stereocenters. The summed E-state index contributed by atoms with van der Waals surface area (Å²) in [5, 5.41) is 7.67. The van der Waals surface area contributed by atoms with E-state index in [0.29, 0.717) is 11.8 Å². The lowest BCUT2D eigenvalue weighted by Crippen LogP contribution is -2.34. The molecule has 124 valence electrons. The molecule has 1 saturated carbocycles. The van der Waals surface area contributed by atoms with E-state index in [-0.39, 0.29) is 17.3 Å². The standard InChI is InChI=1S/C18H24BrN3O/c1-11(17(20)21)22-16-15-9-13(19)4-3-12(15)10-18(16)7-5-14(23-2)6-8-18/h3-4,9,14,16H,5-8,10H2,1-2H3,(H3,20,21)/t14?,16-,18?/m1/s1. The van der Waals surface area contributed by atoms with E-state index in [1.54, 1.807) is 7.11 Å². The van der Waals surface area contributed by atoms with Crippen molar-refractivity contribution in [2.45, 2.75) is 51.2 Å². The summed E-state index contributed by atoms with van der Waals surface area (Å²) in [6.45, 7) is 1.84. The molecule has 4 nitrogen and oxygen atoms in total. The lowest BCUT2D eigenvalue weighted by molar-refractivity contribution is 0.0211. The number of nitrogens with two attached hydrogens (primary N) is 1. The van der Waals surface area contributed by atoms with Crippen LogP contribution in [-0.4, -0.2) is 24.8 Å². The van der Waals surface area contributed by atoms with Crippen LogP contribution in [0.5, 0.6) is 0 Å². The number of benzene rings is 1. The zero-order valence-electron chi connectivity index (χ0n) is 13.7. The van der Waals surface area contributed by atoms with Crippen LogP contribution in [0, 0.1) is 10.8 Å². The summed E-state index contributed by atoms with van der Waals surface area (Å²) in [7, 11) is 1.80. The maximum absolute atomic E-state index is 7.67. The first-order valence-electron chi connectivity index (χ1n) is 8.15. The van der Waals surface area contributed by atoms with Gasteiger partial charge < -0.3 is 10.5 Å². The fraction of sp³-hybridized carbons (Fsp3) is 0.556. The van der Waals surface area contributed by atoms with Crippen LogP contribution in [0.2, 0.25) is 0 Å². The largest absolute Gasteiger partial charge is 0.383 e. The van der Waals surface area contributed by atoms with Gasteiger partial charge in [-0.3, -0.25) is 10.4 Å². The molecule has 0 heterocycles. The second kappa shape index (κ2) is 6.36. The summed E-state index contributed by atoms with van der Waals surface area (Å²) >= 11 is 3.59. The zero-order chi connectivity index (χ0) is 16.6. The predicted octanol–water partition coefficient (Wildman–Crippen LogP) is 4.02. The van der Waals surface area contributed by atoms with Crippen LogP contribution in [0.25, 0.3) is 0 Å². The highest BCUT2D eigenvalue weighted by Crippen LogP contribution is 2.56. The fourth-order valence-corrected chi connectivity index (χ4v) is 4.49. The Morgan fingerprint density at radius 3 is 2.70 bits per heavy atom. The second-order valence-electron chi connectivity index (χ2n) is 6.85. The molecule has 1 aromatic rings. The van der Waals surface area contributed by atoms with Crippen molar-refractivity contribution in [3.05, 3.63) is 33.8 Å². The van der Waals surface area contributed by atoms with E-state index >= 15 is 0 Å². The number of ether oxygens (including phenoxy) is 1. The van der Waals surface area contributed by atoms with Gasteiger partial charge in [0.05, 0.1) is 17.9 Å². The minimum absolute atomic E-state index is 0.0641. The number of halogens is 1. The third kappa shape index (κ3) is 3.09. The molecule has 3 N–H and O–H groups in total. The first-order chi connectivity index (χ1) is 10.9. The van der Waals surface area contributed by atoms with Crippen LogP contribution < -0.4 is 5.73 Å². The molecule has 0 bridgehead atoms. The maximum atomic E-state index is 7.67. The minimum atomic E-state index is 0.0641. The van der Waals surface area contributed by atoms with E-state index in [0.717, 1.165) is 36.6 Å². The molecule has 0 unspecified atom stereocenters. The van der Waals surface area contributed by atoms with Gasteiger partial charge in [-0.05, 0) is 62.3 Å². The van der Waals surface area contributed by atoms with Gasteiger partial charge in [0.1, 0.15) is 5.84 Å². The Bertz CT molecular complexity index is 648. The Hall–Kier alpha value is -1.20. The third-order valence-corrected chi connectivity index (χ3v) is 5.99. The molecule has 0 aromatic heterocycles. The quantitative estimate of drug-likeness (QED) is 0.616. The van der Waals surface area contributed by atoms with Gasteiger partial charge in [-0.25, -0.2) is 0 Å². The maximum Gasteiger partial charge on any atom is 0.136 e. The molecule has 0 radical (unpaired) electrons. The fourth-order valence-electron chi connectivity index (χ4n) is 4.11. The van der Waals surface area contributed by atoms with Crippen molar-refractivity contribution < 1.29 is 4.74 Å². The van der Waals surface area contributed by atoms with E-state index in [1.165, 1.54) is 11.1 Å². The summed E-state index contributed by atoms with van der Waals surface area (Å²) in [5.41, 5.74) is 9.10. The van der Waals surface area contributed by atoms with Crippen LogP contribution in [0.15, 0.2) is 27.7 Å². The molecular formula is C18H24BrN3O. The number of amidine groups is 1. The smallest absolute Gasteiger partial charge is 0.136 e. The van der Waals surface area contributed by atoms with Gasteiger partial charge in [-0.15, -0.1) is 0 Å². The molecule has 23 heavy (non-hydrogen) atoms. The number of aliphatic imine (C=N–C) groups is 1. The average molecular weight is 378 g/mol. The molecule has 1 spiro atoms. The van der Waals surface area contributed by atoms with Gasteiger partial charge >= 0.3 is 0 Å². The summed E-state index contributed by atoms with van der Waals surface area (Å²) in [6.07, 6.45) is 5.81. The molecule has 3 rings (SSSR count). The SMILES string of the molecule is COC1CCC2(CC1)Cc1ccc(Br)cc1[C@H]2N=C(C)C(=N)N. The number of rotatable bonds is 3. The second-order valence-corrected chi connectivity index (χ2v) is 7.76. The van der Waals surface area contributed by atoms with E-state index in [9.17, 15) is 0 Å². The first kappa shape index (κ1) is 16.7. The summed E-state index contributed by atoms with van der Waals surface area (Å²) in [5.74, 6) is 0.0641. The molecule has 0 amide bonds. The monoisotopic (exact) mass is 377 g/mol. The molecule has 2 aliphatic rings. The number of hydrogen-bond donors (Lipinski definition) is 2. The van der Waals surface area contributed by atoms with Crippen LogP contribution in [0.4, 0.5) is 0 Å². The molecule has 1 aromatic carbocycles. The van der Waals surface area contributed by atoms with Crippen molar-refractivity contribution >= 4 is 27.5 Å². The number of fused-ring (bicyclic) bond motifs is 1. The van der Waals surface area contributed by atoms with Crippen LogP contribution in [-0.2, 0) is 11.2 Å². The van der Waals surface area contributed by atoms with Crippen molar-refractivity contribution in [1.82, 2.24) is 0 Å². The molecule has 5 heteroatoms. The van der Waals surface area contributed by atoms with Gasteiger partial charge in [-0.1, -0.05) is 22.0 Å². The van der Waals surface area contributed by atoms with Gasteiger partial charge in [0.15, 0.2) is 0 Å². The number of nitrogens with zero attached hydrogens (tertiary/aromatic N) is 1. The third-order valence-electron chi connectivity index (χ3n) is 5.50. The average Bonchev–Trinajstić information content (AvgIpc) is 2.81. The Kier molecular flexibility index (Phi) is 4.61. The molecule has 0 saturated heterocycles. The zero-order valence-corrected chi connectivity index (χ0v) is 15.3. The highest BCUT2D eigenvalue weighted by molar-refractivity contribution is 9.10. The van der Waals surface area contributed by atoms with Crippen LogP contribution in [0.3, 0.4) is 0 Å². The number of hydrogen-bond acceptors (Lipinski definition) is 3. The first-order valence-corrected chi connectivity index (χ1v) is 8.94. The van der Waals surface area contributed by atoms with Crippen molar-refractivity contribution in [3.63, 3.8) is 0 Å². The lowest BCUT2D eigenvalue weighted by Gasteiger charge is -2.40. The van der Waals surface area contributed by atoms with Crippen LogP contribution in [0.1, 0.15) is 49.8 Å². The highest BCUT2D eigenvalue weighted by atomic mass is 79.9. The summed E-state index contributed by atoms with van der Waals surface area (Å²) < 4.78 is 6.63. The van der Waals surface area contributed by atoms with Crippen molar-refractivity contribution in [1.29, 1.82) is 5.41 Å². The van der Waals surface area contributed by atoms with E-state index in [2.05, 4.69) is 34.1 Å². The normalized spacial score (nSPS) is 30.5. The molecular weight excluding hydrogens is 354 g/mol. The van der Waals surface area contributed by atoms with Crippen molar-refractivity contribution in [3.8, 4) is 0 Å². The Morgan fingerprint density at radius 1 is 1.39 bits per heavy atom. The van der Waals surface area contributed by atoms with Gasteiger partial charge in [-0.2, -0.15) is 0 Å². The van der Waals surface area contributed by atoms with E-state index in [1.807, 2.05) is 6.92 Å². The lowest BCUT2D eigenvalue weighted by atomic mass is 9.68. The predicted molar refractivity (Wildman–Crippen MR) is 97.3 cm³/mol. The van der Waals surface area contributed by atoms with E-state index < -0.39 is 0 Å². The number of methoxy groups -OCH3 is 1. The van der Waals surface area contributed by atoms with Gasteiger partial charge in [0.2, 0.25) is 0 Å². The van der Waals surface area contributed by atoms with Gasteiger partial charge in [0.25, 0.3) is 0 Å². The summed E-state index contributed by atoms with van der Waals surface area (Å²) in [4.78, 5) is 4.89. The molecule has 0 aliphatic heterocycles. The van der Waals surface area contributed by atoms with E-state index in [4.69, 9.17) is 20.9 Å². The Labute approximate surface area is 146 Å². The Balaban J connectivity index is 2.00. The van der Waals surface area contributed by atoms with Gasteiger partial charge in [0, 0.05) is 17.0 Å². The summed E-state index contributed by atoms with van der Waals surface area (Å²) in [6, 6.07) is 6.60. The molecule has 2 aliphatic carbocycles. The Morgan fingerprint density at radius 2 is 2.09 bits per heavy atom. The van der Waals surface area contributed by atoms with Crippen LogP contribution >= 0.6 is 15.9 Å². The highest BCUT2D eigenvalue weighted by Gasteiger charge is 2.48. The molecule has 1 fully saturated rings. The van der Waals surface area contributed by atoms with Crippen molar-refractivity contribution in [2.75, 3.05) is 7.11 Å². The van der Waals surface area contributed by atoms with Crippen molar-refractivity contribution in [2.24, 2.45) is 16.1 Å². The topological polar surface area (TPSA) is 71.5 Å². The number of nitrogens with one attached hydrogen (secondary N) is 1. The minimum Gasteiger partial charge on any atom is -0.383 e.